The zero-order valence-corrected chi connectivity index (χ0v) is 20.8. The van der Waals surface area contributed by atoms with Gasteiger partial charge in [0.25, 0.3) is 0 Å². The molecule has 1 aliphatic heterocycles. The molecule has 7 nitrogen and oxygen atoms in total. The van der Waals surface area contributed by atoms with Crippen molar-refractivity contribution >= 4 is 29.7 Å². The fourth-order valence-corrected chi connectivity index (χ4v) is 5.75. The summed E-state index contributed by atoms with van der Waals surface area (Å²) in [4.78, 5) is 39.1. The number of rotatable bonds is 8. The number of carboxylic acids is 1. The van der Waals surface area contributed by atoms with Crippen molar-refractivity contribution in [3.63, 3.8) is 0 Å². The van der Waals surface area contributed by atoms with Crippen LogP contribution in [0, 0.1) is 0 Å². The standard InChI is InChI=1S/C27H32N2O5S/c1-35-18-8-6-7-15-29(16-18)26(32)24(13-14-25(30)31)28-27(33)34-17-23-21-11-4-2-9-19(21)20-10-3-5-12-22(20)23/h2-5,9-12,18,23-24H,6-8,13-17H2,1H3,(H,28,33)(H,30,31). The lowest BCUT2D eigenvalue weighted by atomic mass is 9.98. The van der Waals surface area contributed by atoms with Crippen LogP contribution in [0.4, 0.5) is 4.79 Å². The molecule has 4 rings (SSSR count). The molecule has 186 valence electrons. The number of nitrogens with one attached hydrogen (secondary N) is 1. The van der Waals surface area contributed by atoms with E-state index in [1.165, 1.54) is 0 Å². The van der Waals surface area contributed by atoms with Gasteiger partial charge in [0.15, 0.2) is 0 Å². The Morgan fingerprint density at radius 2 is 1.74 bits per heavy atom. The number of benzene rings is 2. The summed E-state index contributed by atoms with van der Waals surface area (Å²) in [5, 5.41) is 12.2. The van der Waals surface area contributed by atoms with Gasteiger partial charge in [0, 0.05) is 30.7 Å². The Morgan fingerprint density at radius 3 is 2.37 bits per heavy atom. The number of hydrogen-bond acceptors (Lipinski definition) is 5. The Labute approximate surface area is 210 Å². The van der Waals surface area contributed by atoms with Crippen LogP contribution in [0.2, 0.25) is 0 Å². The average Bonchev–Trinajstić information content (AvgIpc) is 3.00. The fraction of sp³-hybridized carbons (Fsp3) is 0.444. The Morgan fingerprint density at radius 1 is 1.09 bits per heavy atom. The second-order valence-electron chi connectivity index (χ2n) is 9.09. The lowest BCUT2D eigenvalue weighted by Gasteiger charge is -2.28. The van der Waals surface area contributed by atoms with E-state index in [1.807, 2.05) is 42.7 Å². The van der Waals surface area contributed by atoms with Crippen molar-refractivity contribution in [3.05, 3.63) is 59.7 Å². The van der Waals surface area contributed by atoms with Gasteiger partial charge in [-0.25, -0.2) is 4.79 Å². The number of nitrogens with zero attached hydrogens (tertiary/aromatic N) is 1. The van der Waals surface area contributed by atoms with Crippen LogP contribution in [-0.2, 0) is 14.3 Å². The minimum Gasteiger partial charge on any atom is -0.481 e. The van der Waals surface area contributed by atoms with Crippen LogP contribution in [0.15, 0.2) is 48.5 Å². The SMILES string of the molecule is CSC1CCCCN(C(=O)C(CCC(=O)O)NC(=O)OCC2c3ccccc3-c3ccccc32)C1. The zero-order valence-electron chi connectivity index (χ0n) is 19.9. The summed E-state index contributed by atoms with van der Waals surface area (Å²) in [5.41, 5.74) is 4.48. The van der Waals surface area contributed by atoms with Gasteiger partial charge in [-0.3, -0.25) is 9.59 Å². The van der Waals surface area contributed by atoms with E-state index in [1.54, 1.807) is 16.7 Å². The van der Waals surface area contributed by atoms with Gasteiger partial charge in [-0.1, -0.05) is 55.0 Å². The third-order valence-corrected chi connectivity index (χ3v) is 7.91. The molecule has 0 aromatic heterocycles. The van der Waals surface area contributed by atoms with Crippen LogP contribution in [0.1, 0.15) is 49.1 Å². The summed E-state index contributed by atoms with van der Waals surface area (Å²) in [6.45, 7) is 1.36. The Kier molecular flexibility index (Phi) is 8.33. The van der Waals surface area contributed by atoms with Gasteiger partial charge in [-0.05, 0) is 47.8 Å². The van der Waals surface area contributed by atoms with E-state index in [2.05, 4.69) is 17.4 Å². The van der Waals surface area contributed by atoms with Crippen LogP contribution in [0.25, 0.3) is 11.1 Å². The van der Waals surface area contributed by atoms with Crippen molar-refractivity contribution in [2.45, 2.75) is 49.3 Å². The molecule has 0 bridgehead atoms. The van der Waals surface area contributed by atoms with E-state index in [0.717, 1.165) is 41.5 Å². The number of carbonyl (C=O) groups is 3. The van der Waals surface area contributed by atoms with Crippen molar-refractivity contribution < 1.29 is 24.2 Å². The van der Waals surface area contributed by atoms with Gasteiger partial charge in [-0.2, -0.15) is 11.8 Å². The largest absolute Gasteiger partial charge is 0.481 e. The summed E-state index contributed by atoms with van der Waals surface area (Å²) in [6.07, 6.45) is 4.15. The maximum absolute atomic E-state index is 13.3. The topological polar surface area (TPSA) is 95.9 Å². The first-order valence-corrected chi connectivity index (χ1v) is 13.4. The highest BCUT2D eigenvalue weighted by Gasteiger charge is 2.32. The molecule has 2 aromatic rings. The number of thioether (sulfide) groups is 1. The summed E-state index contributed by atoms with van der Waals surface area (Å²) in [7, 11) is 0. The highest BCUT2D eigenvalue weighted by molar-refractivity contribution is 7.99. The number of ether oxygens (including phenoxy) is 1. The van der Waals surface area contributed by atoms with Crippen LogP contribution >= 0.6 is 11.8 Å². The second-order valence-corrected chi connectivity index (χ2v) is 10.2. The molecule has 0 saturated carbocycles. The van der Waals surface area contributed by atoms with Crippen LogP contribution in [0.3, 0.4) is 0 Å². The highest BCUT2D eigenvalue weighted by Crippen LogP contribution is 2.44. The Hall–Kier alpha value is -3.00. The van der Waals surface area contributed by atoms with E-state index in [4.69, 9.17) is 4.74 Å². The number of fused-ring (bicyclic) bond motifs is 3. The smallest absolute Gasteiger partial charge is 0.407 e. The molecule has 0 spiro atoms. The molecule has 2 unspecified atom stereocenters. The van der Waals surface area contributed by atoms with Crippen LogP contribution < -0.4 is 5.32 Å². The molecule has 1 fully saturated rings. The molecule has 1 heterocycles. The molecule has 1 saturated heterocycles. The van der Waals surface area contributed by atoms with Gasteiger partial charge in [0.05, 0.1) is 0 Å². The summed E-state index contributed by atoms with van der Waals surface area (Å²) < 4.78 is 5.61. The monoisotopic (exact) mass is 496 g/mol. The molecule has 2 aromatic carbocycles. The minimum absolute atomic E-state index is 0.0266. The molecule has 0 radical (unpaired) electrons. The summed E-state index contributed by atoms with van der Waals surface area (Å²) >= 11 is 1.74. The van der Waals surface area contributed by atoms with Gasteiger partial charge in [-0.15, -0.1) is 0 Å². The molecule has 2 amide bonds. The lowest BCUT2D eigenvalue weighted by Crippen LogP contribution is -2.50. The van der Waals surface area contributed by atoms with Gasteiger partial charge in [0.2, 0.25) is 5.91 Å². The number of carboxylic acid groups (broad SMARTS) is 1. The van der Waals surface area contributed by atoms with Gasteiger partial charge < -0.3 is 20.1 Å². The highest BCUT2D eigenvalue weighted by atomic mass is 32.2. The third kappa shape index (κ3) is 5.99. The van der Waals surface area contributed by atoms with Crippen molar-refractivity contribution in [3.8, 4) is 11.1 Å². The minimum atomic E-state index is -1.00. The van der Waals surface area contributed by atoms with Crippen LogP contribution in [0.5, 0.6) is 0 Å². The number of hydrogen-bond donors (Lipinski definition) is 2. The number of amides is 2. The second kappa shape index (κ2) is 11.6. The molecule has 2 N–H and O–H groups in total. The number of alkyl carbamates (subject to hydrolysis) is 1. The van der Waals surface area contributed by atoms with Crippen molar-refractivity contribution in [2.75, 3.05) is 26.0 Å². The van der Waals surface area contributed by atoms with Crippen LogP contribution in [-0.4, -0.2) is 65.2 Å². The molecule has 1 aliphatic carbocycles. The van der Waals surface area contributed by atoms with Gasteiger partial charge >= 0.3 is 12.1 Å². The summed E-state index contributed by atoms with van der Waals surface area (Å²) in [5.74, 6) is -1.33. The summed E-state index contributed by atoms with van der Waals surface area (Å²) in [6, 6.07) is 15.2. The molecular weight excluding hydrogens is 464 g/mol. The van der Waals surface area contributed by atoms with Gasteiger partial charge in [0.1, 0.15) is 12.6 Å². The Balaban J connectivity index is 1.43. The first kappa shape index (κ1) is 25.1. The van der Waals surface area contributed by atoms with E-state index in [-0.39, 0.29) is 31.3 Å². The third-order valence-electron chi connectivity index (χ3n) is 6.85. The zero-order chi connectivity index (χ0) is 24.8. The fourth-order valence-electron chi connectivity index (χ4n) is 5.02. The van der Waals surface area contributed by atoms with Crippen molar-refractivity contribution in [1.82, 2.24) is 10.2 Å². The number of carbonyl (C=O) groups excluding carboxylic acids is 2. The van der Waals surface area contributed by atoms with Crippen molar-refractivity contribution in [2.24, 2.45) is 0 Å². The van der Waals surface area contributed by atoms with Crippen molar-refractivity contribution in [1.29, 1.82) is 0 Å². The van der Waals surface area contributed by atoms with E-state index >= 15 is 0 Å². The quantitative estimate of drug-likeness (QED) is 0.559. The maximum Gasteiger partial charge on any atom is 0.407 e. The van der Waals surface area contributed by atoms with E-state index < -0.39 is 18.1 Å². The molecule has 2 atom stereocenters. The first-order valence-electron chi connectivity index (χ1n) is 12.1. The number of aliphatic carboxylic acids is 1. The molecular formula is C27H32N2O5S. The first-order chi connectivity index (χ1) is 17.0. The number of likely N-dealkylation sites (tertiary alicyclic amines) is 1. The molecule has 35 heavy (non-hydrogen) atoms. The molecule has 8 heteroatoms. The normalized spacial score (nSPS) is 18.2. The predicted octanol–water partition coefficient (Wildman–Crippen LogP) is 4.50. The van der Waals surface area contributed by atoms with E-state index in [0.29, 0.717) is 18.3 Å². The predicted molar refractivity (Wildman–Crippen MR) is 137 cm³/mol. The lowest BCUT2D eigenvalue weighted by molar-refractivity contribution is -0.138. The average molecular weight is 497 g/mol. The maximum atomic E-state index is 13.3. The molecule has 2 aliphatic rings. The van der Waals surface area contributed by atoms with E-state index in [9.17, 15) is 19.5 Å². The Bertz CT molecular complexity index is 1030.